The number of aromatic nitrogens is 2. The van der Waals surface area contributed by atoms with Gasteiger partial charge < -0.3 is 15.3 Å². The normalized spacial score (nSPS) is 10.9. The van der Waals surface area contributed by atoms with Gasteiger partial charge in [-0.1, -0.05) is 53.5 Å². The number of hydrogen-bond acceptors (Lipinski definition) is 6. The molecule has 0 aliphatic rings. The summed E-state index contributed by atoms with van der Waals surface area (Å²) in [6.45, 7) is 0.0480. The van der Waals surface area contributed by atoms with Gasteiger partial charge in [-0.15, -0.1) is 0 Å². The molecular formula is C21H15Cl2N3O4. The van der Waals surface area contributed by atoms with E-state index in [1.165, 1.54) is 0 Å². The Morgan fingerprint density at radius 3 is 2.67 bits per heavy atom. The van der Waals surface area contributed by atoms with Gasteiger partial charge in [-0.3, -0.25) is 9.42 Å². The van der Waals surface area contributed by atoms with Gasteiger partial charge in [0.1, 0.15) is 6.61 Å². The molecule has 0 spiro atoms. The minimum atomic E-state index is -0.409. The second kappa shape index (κ2) is 8.61. The topological polar surface area (TPSA) is 91.3 Å². The molecule has 0 unspecified atom stereocenters. The Bertz CT molecular complexity index is 1210. The summed E-state index contributed by atoms with van der Waals surface area (Å²) in [6, 6.07) is 17.4. The zero-order valence-electron chi connectivity index (χ0n) is 15.5. The quantitative estimate of drug-likeness (QED) is 0.340. The van der Waals surface area contributed by atoms with Crippen molar-refractivity contribution in [3.05, 3.63) is 87.0 Å². The molecule has 0 radical (unpaired) electrons. The van der Waals surface area contributed by atoms with Crippen molar-refractivity contribution in [2.75, 3.05) is 5.32 Å². The first kappa shape index (κ1) is 20.0. The molecule has 1 heterocycles. The van der Waals surface area contributed by atoms with Gasteiger partial charge in [0.25, 0.3) is 0 Å². The maximum absolute atomic E-state index is 12.4. The van der Waals surface area contributed by atoms with Gasteiger partial charge in [0.2, 0.25) is 11.0 Å². The van der Waals surface area contributed by atoms with Crippen molar-refractivity contribution in [2.45, 2.75) is 13.0 Å². The Labute approximate surface area is 181 Å². The second-order valence-electron chi connectivity index (χ2n) is 6.47. The number of rotatable bonds is 6. The van der Waals surface area contributed by atoms with Crippen molar-refractivity contribution < 1.29 is 19.1 Å². The first-order valence-electron chi connectivity index (χ1n) is 8.94. The highest BCUT2D eigenvalue weighted by molar-refractivity contribution is 6.39. The van der Waals surface area contributed by atoms with Crippen LogP contribution in [0.5, 0.6) is 0 Å². The third-order valence-electron chi connectivity index (χ3n) is 4.42. The molecule has 0 aliphatic carbocycles. The van der Waals surface area contributed by atoms with Crippen LogP contribution in [0.3, 0.4) is 0 Å². The molecule has 0 saturated carbocycles. The van der Waals surface area contributed by atoms with Crippen molar-refractivity contribution in [3.63, 3.8) is 0 Å². The van der Waals surface area contributed by atoms with E-state index < -0.39 is 5.97 Å². The zero-order valence-corrected chi connectivity index (χ0v) is 17.0. The molecule has 4 aromatic rings. The average molecular weight is 444 g/mol. The lowest BCUT2D eigenvalue weighted by Gasteiger charge is -2.14. The van der Waals surface area contributed by atoms with Gasteiger partial charge in [-0.05, 0) is 40.3 Å². The van der Waals surface area contributed by atoms with Crippen LogP contribution in [-0.4, -0.2) is 11.1 Å². The number of ether oxygens (including phenoxy) is 1. The molecular weight excluding hydrogens is 429 g/mol. The van der Waals surface area contributed by atoms with Crippen molar-refractivity contribution >= 4 is 51.6 Å². The largest absolute Gasteiger partial charge is 0.461 e. The Balaban J connectivity index is 1.44. The molecule has 0 atom stereocenters. The van der Waals surface area contributed by atoms with E-state index in [4.69, 9.17) is 27.9 Å². The second-order valence-corrected chi connectivity index (χ2v) is 7.28. The number of benzene rings is 3. The van der Waals surface area contributed by atoms with Crippen LogP contribution in [0.15, 0.2) is 65.3 Å². The highest BCUT2D eigenvalue weighted by Crippen LogP contribution is 2.33. The number of para-hydroxylation sites is 2. The van der Waals surface area contributed by atoms with Crippen LogP contribution in [0, 0.1) is 5.21 Å². The van der Waals surface area contributed by atoms with Crippen molar-refractivity contribution in [2.24, 2.45) is 0 Å². The highest BCUT2D eigenvalue weighted by Gasteiger charge is 2.14. The highest BCUT2D eigenvalue weighted by atomic mass is 35.5. The molecule has 1 N–H and O–H groups in total. The number of nitrogens with one attached hydrogen (secondary N) is 1. The Morgan fingerprint density at radius 1 is 1.10 bits per heavy atom. The molecule has 152 valence electrons. The number of halogens is 2. The van der Waals surface area contributed by atoms with Crippen molar-refractivity contribution in [1.29, 1.82) is 0 Å². The van der Waals surface area contributed by atoms with Gasteiger partial charge in [0, 0.05) is 16.9 Å². The van der Waals surface area contributed by atoms with E-state index >= 15 is 0 Å². The molecule has 9 heteroatoms. The lowest BCUT2D eigenvalue weighted by molar-refractivity contribution is -0.782. The molecule has 0 aliphatic heterocycles. The lowest BCUT2D eigenvalue weighted by Crippen LogP contribution is -2.22. The Morgan fingerprint density at radius 2 is 1.87 bits per heavy atom. The molecule has 0 bridgehead atoms. The molecule has 3 aromatic carbocycles. The summed E-state index contributed by atoms with van der Waals surface area (Å²) in [5.74, 6) is -0.409. The Hall–Kier alpha value is -3.29. The Kier molecular flexibility index (Phi) is 5.74. The van der Waals surface area contributed by atoms with Crippen LogP contribution in [0.2, 0.25) is 10.0 Å². The first-order chi connectivity index (χ1) is 14.5. The van der Waals surface area contributed by atoms with Crippen LogP contribution in [0.4, 0.5) is 11.4 Å². The summed E-state index contributed by atoms with van der Waals surface area (Å²) in [5.41, 5.74) is 3.40. The van der Waals surface area contributed by atoms with Crippen LogP contribution in [0.1, 0.15) is 11.1 Å². The number of hydrogen-bond donors (Lipinski definition) is 1. The molecule has 0 saturated heterocycles. The third-order valence-corrected chi connectivity index (χ3v) is 5.05. The van der Waals surface area contributed by atoms with E-state index in [-0.39, 0.29) is 13.0 Å². The smallest absolute Gasteiger partial charge is 0.310 e. The predicted molar refractivity (Wildman–Crippen MR) is 113 cm³/mol. The molecule has 4 rings (SSSR count). The maximum Gasteiger partial charge on any atom is 0.310 e. The molecule has 7 nitrogen and oxygen atoms in total. The standard InChI is InChI=1S/C21H15Cl2N3O4/c22-15-5-3-6-16(23)21(15)24-17-7-2-1-4-14(17)11-20(27)29-12-13-8-9-19-18(10-13)25-30-26(19)28/h1-10,24H,11-12H2. The van der Waals surface area contributed by atoms with E-state index in [0.29, 0.717) is 42.9 Å². The minimum absolute atomic E-state index is 0.0480. The molecule has 30 heavy (non-hydrogen) atoms. The van der Waals surface area contributed by atoms with Crippen molar-refractivity contribution in [3.8, 4) is 0 Å². The summed E-state index contributed by atoms with van der Waals surface area (Å²) in [4.78, 5) is 12.7. The summed E-state index contributed by atoms with van der Waals surface area (Å²) >= 11 is 12.5. The van der Waals surface area contributed by atoms with Crippen LogP contribution in [0.25, 0.3) is 11.0 Å². The van der Waals surface area contributed by atoms with Crippen LogP contribution < -0.4 is 10.2 Å². The molecule has 1 aromatic heterocycles. The number of fused-ring (bicyclic) bond motifs is 1. The summed E-state index contributed by atoms with van der Waals surface area (Å²) in [7, 11) is 0. The fraction of sp³-hybridized carbons (Fsp3) is 0.0952. The number of esters is 1. The van der Waals surface area contributed by atoms with Gasteiger partial charge in [0.05, 0.1) is 22.2 Å². The van der Waals surface area contributed by atoms with E-state index in [0.717, 1.165) is 5.56 Å². The SMILES string of the molecule is O=C(Cc1ccccc1Nc1c(Cl)cccc1Cl)OCc1ccc2c(c1)no[n+]2[O-]. The van der Waals surface area contributed by atoms with E-state index in [1.807, 2.05) is 24.3 Å². The number of anilines is 2. The number of carbonyl (C=O) groups excluding carboxylic acids is 1. The number of carbonyl (C=O) groups is 1. The van der Waals surface area contributed by atoms with Gasteiger partial charge in [-0.2, -0.15) is 0 Å². The van der Waals surface area contributed by atoms with E-state index in [2.05, 4.69) is 15.1 Å². The first-order valence-corrected chi connectivity index (χ1v) is 9.70. The fourth-order valence-corrected chi connectivity index (χ4v) is 3.42. The maximum atomic E-state index is 12.4. The third kappa shape index (κ3) is 4.32. The average Bonchev–Trinajstić information content (AvgIpc) is 3.11. The lowest BCUT2D eigenvalue weighted by atomic mass is 10.1. The molecule has 0 amide bonds. The van der Waals surface area contributed by atoms with Crippen LogP contribution >= 0.6 is 23.2 Å². The van der Waals surface area contributed by atoms with Gasteiger partial charge in [-0.25, -0.2) is 0 Å². The van der Waals surface area contributed by atoms with Crippen molar-refractivity contribution in [1.82, 2.24) is 5.16 Å². The predicted octanol–water partition coefficient (Wildman–Crippen LogP) is 4.80. The monoisotopic (exact) mass is 443 g/mol. The van der Waals surface area contributed by atoms with Gasteiger partial charge >= 0.3 is 5.97 Å². The fourth-order valence-electron chi connectivity index (χ4n) is 2.93. The zero-order chi connectivity index (χ0) is 21.1. The summed E-state index contributed by atoms with van der Waals surface area (Å²) in [6.07, 6.45) is 0.0536. The molecule has 0 fully saturated rings. The van der Waals surface area contributed by atoms with Crippen LogP contribution in [-0.2, 0) is 22.6 Å². The minimum Gasteiger partial charge on any atom is -0.461 e. The van der Waals surface area contributed by atoms with E-state index in [1.54, 1.807) is 36.4 Å². The summed E-state index contributed by atoms with van der Waals surface area (Å²) in [5, 5.41) is 19.1. The summed E-state index contributed by atoms with van der Waals surface area (Å²) < 4.78 is 9.91. The number of nitrogens with zero attached hydrogens (tertiary/aromatic N) is 2. The van der Waals surface area contributed by atoms with Gasteiger partial charge in [0.15, 0.2) is 0 Å². The van der Waals surface area contributed by atoms with E-state index in [9.17, 15) is 10.0 Å².